The van der Waals surface area contributed by atoms with Crippen LogP contribution in [0.5, 0.6) is 0 Å². The van der Waals surface area contributed by atoms with Crippen molar-refractivity contribution in [1.82, 2.24) is 0 Å². The summed E-state index contributed by atoms with van der Waals surface area (Å²) >= 11 is 2.92. The molecule has 0 spiro atoms. The molecular formula is C19H15BrN4O7S2. The van der Waals surface area contributed by atoms with Gasteiger partial charge in [0.05, 0.1) is 15.1 Å². The van der Waals surface area contributed by atoms with Crippen molar-refractivity contribution in [3.05, 3.63) is 59.6 Å². The molecule has 0 bridgehead atoms. The predicted molar refractivity (Wildman–Crippen MR) is 125 cm³/mol. The third-order valence-electron chi connectivity index (χ3n) is 4.29. The van der Waals surface area contributed by atoms with Gasteiger partial charge in [0.2, 0.25) is 0 Å². The Hall–Kier alpha value is -3.17. The third kappa shape index (κ3) is 5.61. The molecule has 0 fully saturated rings. The van der Waals surface area contributed by atoms with Gasteiger partial charge in [-0.15, -0.1) is 10.2 Å². The number of nitrogens with two attached hydrogens (primary N) is 1. The molecule has 0 heterocycles. The SMILES string of the molecule is C=C(Br)C(=O)Nc1ccc(S(=O)(=O)O)c(N=Nc2c(N)ccc3cc(S(=O)(=O)O)ccc23)c1. The smallest absolute Gasteiger partial charge is 0.296 e. The fourth-order valence-electron chi connectivity index (χ4n) is 2.77. The highest BCUT2D eigenvalue weighted by Crippen LogP contribution is 2.36. The predicted octanol–water partition coefficient (Wildman–Crippen LogP) is 4.18. The lowest BCUT2D eigenvalue weighted by atomic mass is 10.1. The summed E-state index contributed by atoms with van der Waals surface area (Å²) < 4.78 is 65.1. The Morgan fingerprint density at radius 2 is 1.67 bits per heavy atom. The number of rotatable bonds is 6. The van der Waals surface area contributed by atoms with E-state index in [2.05, 4.69) is 38.1 Å². The van der Waals surface area contributed by atoms with Gasteiger partial charge in [0, 0.05) is 11.1 Å². The summed E-state index contributed by atoms with van der Waals surface area (Å²) in [4.78, 5) is 10.9. The molecule has 0 aliphatic rings. The quantitative estimate of drug-likeness (QED) is 0.151. The molecule has 5 N–H and O–H groups in total. The molecule has 0 aromatic heterocycles. The Morgan fingerprint density at radius 3 is 2.27 bits per heavy atom. The standard InChI is InChI=1S/C19H15BrN4O7S2/c1-10(20)19(25)22-12-3-7-17(33(29,30)31)16(9-12)23-24-18-14-5-4-13(32(26,27)28)8-11(14)2-6-15(18)21/h2-9H,1,21H2,(H,22,25)(H,26,27,28)(H,29,30,31). The molecule has 172 valence electrons. The van der Waals surface area contributed by atoms with Crippen LogP contribution in [0.1, 0.15) is 0 Å². The molecule has 3 aromatic rings. The van der Waals surface area contributed by atoms with E-state index >= 15 is 0 Å². The van der Waals surface area contributed by atoms with Crippen molar-refractivity contribution in [3.8, 4) is 0 Å². The van der Waals surface area contributed by atoms with E-state index in [0.717, 1.165) is 18.2 Å². The van der Waals surface area contributed by atoms with Gasteiger partial charge >= 0.3 is 0 Å². The minimum Gasteiger partial charge on any atom is -0.397 e. The molecule has 0 radical (unpaired) electrons. The van der Waals surface area contributed by atoms with Gasteiger partial charge in [-0.25, -0.2) is 0 Å². The van der Waals surface area contributed by atoms with Crippen molar-refractivity contribution in [1.29, 1.82) is 0 Å². The number of anilines is 2. The van der Waals surface area contributed by atoms with Crippen molar-refractivity contribution >= 4 is 75.6 Å². The third-order valence-corrected chi connectivity index (χ3v) is 6.40. The molecule has 33 heavy (non-hydrogen) atoms. The molecule has 0 unspecified atom stereocenters. The van der Waals surface area contributed by atoms with E-state index in [9.17, 15) is 30.7 Å². The summed E-state index contributed by atoms with van der Waals surface area (Å²) in [5.74, 6) is -0.592. The average molecular weight is 555 g/mol. The number of carbonyl (C=O) groups excluding carboxylic acids is 1. The largest absolute Gasteiger partial charge is 0.397 e. The summed E-state index contributed by atoms with van der Waals surface area (Å²) in [5.41, 5.74) is 6.03. The number of fused-ring (bicyclic) bond motifs is 1. The van der Waals surface area contributed by atoms with Gasteiger partial charge < -0.3 is 11.1 Å². The number of amides is 1. The van der Waals surface area contributed by atoms with E-state index in [4.69, 9.17) is 5.73 Å². The minimum atomic E-state index is -4.69. The van der Waals surface area contributed by atoms with Crippen LogP contribution in [-0.2, 0) is 25.0 Å². The fraction of sp³-hybridized carbons (Fsp3) is 0. The second kappa shape index (κ2) is 8.99. The zero-order valence-corrected chi connectivity index (χ0v) is 19.6. The number of nitrogen functional groups attached to an aromatic ring is 1. The highest BCUT2D eigenvalue weighted by Gasteiger charge is 2.18. The Balaban J connectivity index is 2.14. The van der Waals surface area contributed by atoms with Crippen LogP contribution in [-0.4, -0.2) is 31.8 Å². The van der Waals surface area contributed by atoms with Crippen molar-refractivity contribution in [2.75, 3.05) is 11.1 Å². The van der Waals surface area contributed by atoms with Crippen LogP contribution in [0.2, 0.25) is 0 Å². The van der Waals surface area contributed by atoms with Crippen LogP contribution >= 0.6 is 15.9 Å². The molecule has 0 aliphatic heterocycles. The number of carbonyl (C=O) groups is 1. The first-order valence-electron chi connectivity index (χ1n) is 8.76. The number of nitrogens with one attached hydrogen (secondary N) is 1. The maximum Gasteiger partial charge on any atom is 0.296 e. The van der Waals surface area contributed by atoms with E-state index < -0.39 is 31.0 Å². The summed E-state index contributed by atoms with van der Waals surface area (Å²) in [6, 6.07) is 10.1. The topological polar surface area (TPSA) is 189 Å². The number of halogens is 1. The molecule has 3 aromatic carbocycles. The number of nitrogens with zero attached hydrogens (tertiary/aromatic N) is 2. The fourth-order valence-corrected chi connectivity index (χ4v) is 3.99. The second-order valence-electron chi connectivity index (χ2n) is 6.58. The Labute approximate surface area is 196 Å². The highest BCUT2D eigenvalue weighted by molar-refractivity contribution is 9.12. The zero-order chi connectivity index (χ0) is 24.6. The number of azo groups is 1. The number of hydrogen-bond acceptors (Lipinski definition) is 8. The van der Waals surface area contributed by atoms with Gasteiger partial charge in [-0.2, -0.15) is 16.8 Å². The second-order valence-corrected chi connectivity index (χ2v) is 10.3. The summed E-state index contributed by atoms with van der Waals surface area (Å²) in [6.45, 7) is 3.43. The van der Waals surface area contributed by atoms with Crippen molar-refractivity contribution in [3.63, 3.8) is 0 Å². The van der Waals surface area contributed by atoms with E-state index in [1.165, 1.54) is 30.3 Å². The van der Waals surface area contributed by atoms with Crippen LogP contribution in [0.3, 0.4) is 0 Å². The van der Waals surface area contributed by atoms with Gasteiger partial charge in [-0.05, 0) is 57.7 Å². The van der Waals surface area contributed by atoms with Crippen molar-refractivity contribution < 1.29 is 30.7 Å². The Morgan fingerprint density at radius 1 is 0.970 bits per heavy atom. The first-order chi connectivity index (χ1) is 15.3. The summed E-state index contributed by atoms with van der Waals surface area (Å²) in [5, 5.41) is 11.1. The lowest BCUT2D eigenvalue weighted by molar-refractivity contribution is -0.112. The van der Waals surface area contributed by atoms with Gasteiger partial charge in [-0.1, -0.05) is 18.7 Å². The normalized spacial score (nSPS) is 12.2. The lowest BCUT2D eigenvalue weighted by Gasteiger charge is -2.09. The molecule has 0 aliphatic carbocycles. The van der Waals surface area contributed by atoms with Gasteiger partial charge in [0.1, 0.15) is 16.3 Å². The van der Waals surface area contributed by atoms with Crippen LogP contribution in [0.4, 0.5) is 22.7 Å². The maximum atomic E-state index is 11.8. The van der Waals surface area contributed by atoms with Gasteiger partial charge in [-0.3, -0.25) is 13.9 Å². The zero-order valence-electron chi connectivity index (χ0n) is 16.4. The summed E-state index contributed by atoms with van der Waals surface area (Å²) in [7, 11) is -9.13. The van der Waals surface area contributed by atoms with Crippen molar-refractivity contribution in [2.24, 2.45) is 10.2 Å². The van der Waals surface area contributed by atoms with E-state index in [-0.39, 0.29) is 32.1 Å². The Bertz CT molecular complexity index is 1550. The first-order valence-corrected chi connectivity index (χ1v) is 12.4. The Kier molecular flexibility index (Phi) is 6.67. The van der Waals surface area contributed by atoms with E-state index in [1.54, 1.807) is 0 Å². The first kappa shape index (κ1) is 24.5. The monoisotopic (exact) mass is 554 g/mol. The average Bonchev–Trinajstić information content (AvgIpc) is 2.71. The van der Waals surface area contributed by atoms with Crippen LogP contribution in [0, 0.1) is 0 Å². The van der Waals surface area contributed by atoms with Gasteiger partial charge in [0.15, 0.2) is 0 Å². The highest BCUT2D eigenvalue weighted by atomic mass is 79.9. The number of benzene rings is 3. The maximum absolute atomic E-state index is 11.8. The molecule has 0 atom stereocenters. The minimum absolute atomic E-state index is 0.0253. The molecule has 3 rings (SSSR count). The number of hydrogen-bond donors (Lipinski definition) is 4. The van der Waals surface area contributed by atoms with E-state index in [0.29, 0.717) is 10.8 Å². The lowest BCUT2D eigenvalue weighted by Crippen LogP contribution is -2.10. The summed E-state index contributed by atoms with van der Waals surface area (Å²) in [6.07, 6.45) is 0. The molecule has 14 heteroatoms. The van der Waals surface area contributed by atoms with Crippen LogP contribution < -0.4 is 11.1 Å². The van der Waals surface area contributed by atoms with Gasteiger partial charge in [0.25, 0.3) is 26.1 Å². The van der Waals surface area contributed by atoms with Crippen LogP contribution in [0.25, 0.3) is 10.8 Å². The van der Waals surface area contributed by atoms with E-state index in [1.807, 2.05) is 0 Å². The molecular weight excluding hydrogens is 540 g/mol. The molecule has 1 amide bonds. The van der Waals surface area contributed by atoms with Crippen LogP contribution in [0.15, 0.2) is 79.6 Å². The molecule has 0 saturated heterocycles. The molecule has 0 saturated carbocycles. The van der Waals surface area contributed by atoms with Crippen molar-refractivity contribution in [2.45, 2.75) is 9.79 Å². The molecule has 11 nitrogen and oxygen atoms in total.